The maximum Gasteiger partial charge on any atom is 0.246 e. The molecule has 1 aromatic carbocycles. The second-order valence-corrected chi connectivity index (χ2v) is 6.42. The highest BCUT2D eigenvalue weighted by Gasteiger charge is 2.18. The molecule has 0 aromatic heterocycles. The third kappa shape index (κ3) is 8.12. The summed E-state index contributed by atoms with van der Waals surface area (Å²) in [6, 6.07) is 9.78. The van der Waals surface area contributed by atoms with Crippen LogP contribution in [0.5, 0.6) is 0 Å². The Labute approximate surface area is 139 Å². The Bertz CT molecular complexity index is 574. The van der Waals surface area contributed by atoms with Crippen molar-refractivity contribution in [3.05, 3.63) is 54.1 Å². The molecule has 4 heteroatoms. The highest BCUT2D eigenvalue weighted by Crippen LogP contribution is 2.04. The van der Waals surface area contributed by atoms with Crippen LogP contribution in [-0.4, -0.2) is 49.9 Å². The average Bonchev–Trinajstić information content (AvgIpc) is 2.50. The van der Waals surface area contributed by atoms with Gasteiger partial charge in [0, 0.05) is 18.5 Å². The smallest absolute Gasteiger partial charge is 0.246 e. The number of hydrogen-bond acceptors (Lipinski definition) is 2. The molecule has 1 aromatic rings. The van der Waals surface area contributed by atoms with Gasteiger partial charge in [-0.1, -0.05) is 43.0 Å². The van der Waals surface area contributed by atoms with Crippen molar-refractivity contribution in [3.63, 3.8) is 0 Å². The molecule has 0 heterocycles. The Morgan fingerprint density at radius 3 is 2.48 bits per heavy atom. The molecule has 0 fully saturated rings. The van der Waals surface area contributed by atoms with E-state index in [4.69, 9.17) is 0 Å². The Morgan fingerprint density at radius 1 is 1.22 bits per heavy atom. The van der Waals surface area contributed by atoms with Gasteiger partial charge in [0.2, 0.25) is 11.7 Å². The molecule has 0 atom stereocenters. The van der Waals surface area contributed by atoms with Gasteiger partial charge >= 0.3 is 0 Å². The van der Waals surface area contributed by atoms with Crippen LogP contribution in [0.2, 0.25) is 0 Å². The number of carbonyl (C=O) groups excluding carboxylic acids is 2. The van der Waals surface area contributed by atoms with Gasteiger partial charge in [0.15, 0.2) is 0 Å². The first-order valence-electron chi connectivity index (χ1n) is 7.82. The first-order chi connectivity index (χ1) is 10.8. The number of benzene rings is 1. The molecule has 1 N–H and O–H groups in total. The van der Waals surface area contributed by atoms with Gasteiger partial charge in [-0.2, -0.15) is 0 Å². The topological polar surface area (TPSA) is 46.2 Å². The van der Waals surface area contributed by atoms with E-state index in [2.05, 4.69) is 11.9 Å². The largest absolute Gasteiger partial charge is 0.352 e. The van der Waals surface area contributed by atoms with Crippen LogP contribution in [0.15, 0.2) is 48.6 Å². The van der Waals surface area contributed by atoms with Crippen LogP contribution in [0, 0.1) is 0 Å². The van der Waals surface area contributed by atoms with E-state index in [-0.39, 0.29) is 11.7 Å². The van der Waals surface area contributed by atoms with Crippen molar-refractivity contribution in [3.8, 4) is 0 Å². The van der Waals surface area contributed by atoms with Gasteiger partial charge in [0.25, 0.3) is 0 Å². The van der Waals surface area contributed by atoms with Crippen LogP contribution in [-0.2, 0) is 9.59 Å². The van der Waals surface area contributed by atoms with Crippen molar-refractivity contribution in [2.24, 2.45) is 0 Å². The standard InChI is InChI=1S/C19H26N2O2/c1-16(2)19(23)20-13-8-14-21(3,4)15-18(22)12-11-17-9-6-5-7-10-17/h5-7,9-12H,1,8,13-15H2,2-4H3/p+1. The summed E-state index contributed by atoms with van der Waals surface area (Å²) in [5, 5.41) is 2.81. The third-order valence-electron chi connectivity index (χ3n) is 3.46. The van der Waals surface area contributed by atoms with Crippen molar-refractivity contribution in [1.82, 2.24) is 5.32 Å². The van der Waals surface area contributed by atoms with E-state index in [0.29, 0.717) is 23.1 Å². The number of nitrogens with one attached hydrogen (secondary N) is 1. The molecular weight excluding hydrogens is 288 g/mol. The fourth-order valence-electron chi connectivity index (χ4n) is 2.17. The minimum atomic E-state index is -0.114. The fraction of sp³-hybridized carbons (Fsp3) is 0.368. The summed E-state index contributed by atoms with van der Waals surface area (Å²) in [6.45, 7) is 7.15. The molecular formula is C19H27N2O2+. The van der Waals surface area contributed by atoms with Crippen molar-refractivity contribution in [2.45, 2.75) is 13.3 Å². The van der Waals surface area contributed by atoms with Gasteiger partial charge in [-0.05, 0) is 18.6 Å². The Morgan fingerprint density at radius 2 is 1.87 bits per heavy atom. The van der Waals surface area contributed by atoms with Gasteiger partial charge in [0.1, 0.15) is 6.54 Å². The molecule has 0 aliphatic heterocycles. The predicted octanol–water partition coefficient (Wildman–Crippen LogP) is 2.43. The highest BCUT2D eigenvalue weighted by molar-refractivity contribution is 5.94. The van der Waals surface area contributed by atoms with Crippen LogP contribution >= 0.6 is 0 Å². The van der Waals surface area contributed by atoms with Gasteiger partial charge in [-0.15, -0.1) is 0 Å². The Kier molecular flexibility index (Phi) is 7.42. The number of carbonyl (C=O) groups is 2. The number of quaternary nitrogens is 1. The van der Waals surface area contributed by atoms with Gasteiger partial charge in [-0.3, -0.25) is 9.59 Å². The highest BCUT2D eigenvalue weighted by atomic mass is 16.1. The normalized spacial score (nSPS) is 11.4. The van der Waals surface area contributed by atoms with Crippen LogP contribution < -0.4 is 5.32 Å². The summed E-state index contributed by atoms with van der Waals surface area (Å²) >= 11 is 0. The lowest BCUT2D eigenvalue weighted by atomic mass is 10.2. The molecule has 0 saturated heterocycles. The lowest BCUT2D eigenvalue weighted by Crippen LogP contribution is -2.45. The van der Waals surface area contributed by atoms with E-state index in [0.717, 1.165) is 18.5 Å². The summed E-state index contributed by atoms with van der Waals surface area (Å²) in [4.78, 5) is 23.5. The lowest BCUT2D eigenvalue weighted by Gasteiger charge is -2.28. The molecule has 124 valence electrons. The zero-order valence-corrected chi connectivity index (χ0v) is 14.3. The maximum atomic E-state index is 12.1. The van der Waals surface area contributed by atoms with Gasteiger partial charge in [-0.25, -0.2) is 0 Å². The summed E-state index contributed by atoms with van der Waals surface area (Å²) in [7, 11) is 4.05. The number of likely N-dealkylation sites (N-methyl/N-ethyl adjacent to an activating group) is 1. The van der Waals surface area contributed by atoms with Crippen molar-refractivity contribution in [1.29, 1.82) is 0 Å². The van der Waals surface area contributed by atoms with Crippen LogP contribution in [0.3, 0.4) is 0 Å². The monoisotopic (exact) mass is 315 g/mol. The minimum absolute atomic E-state index is 0.102. The Hall–Kier alpha value is -2.20. The molecule has 1 rings (SSSR count). The van der Waals surface area contributed by atoms with E-state index < -0.39 is 0 Å². The van der Waals surface area contributed by atoms with E-state index in [9.17, 15) is 9.59 Å². The first-order valence-corrected chi connectivity index (χ1v) is 7.82. The predicted molar refractivity (Wildman–Crippen MR) is 94.8 cm³/mol. The molecule has 0 unspecified atom stereocenters. The average molecular weight is 315 g/mol. The Balaban J connectivity index is 2.36. The lowest BCUT2D eigenvalue weighted by molar-refractivity contribution is -0.882. The molecule has 1 amide bonds. The van der Waals surface area contributed by atoms with E-state index in [1.165, 1.54) is 0 Å². The molecule has 0 spiro atoms. The molecule has 0 bridgehead atoms. The third-order valence-corrected chi connectivity index (χ3v) is 3.46. The second kappa shape index (κ2) is 9.06. The summed E-state index contributed by atoms with van der Waals surface area (Å²) in [5.74, 6) is -0.0120. The molecule has 0 aliphatic carbocycles. The zero-order chi connectivity index (χ0) is 17.3. The minimum Gasteiger partial charge on any atom is -0.352 e. The number of ketones is 1. The quantitative estimate of drug-likeness (QED) is 0.432. The van der Waals surface area contributed by atoms with Crippen LogP contribution in [0.4, 0.5) is 0 Å². The molecule has 0 aliphatic rings. The SMILES string of the molecule is C=C(C)C(=O)NCCC[N+](C)(C)CC(=O)C=Cc1ccccc1. The number of hydrogen-bond donors (Lipinski definition) is 1. The number of amides is 1. The van der Waals surface area contributed by atoms with Gasteiger partial charge < -0.3 is 9.80 Å². The van der Waals surface area contributed by atoms with Crippen LogP contribution in [0.25, 0.3) is 6.08 Å². The van der Waals surface area contributed by atoms with Gasteiger partial charge in [0.05, 0.1) is 20.6 Å². The summed E-state index contributed by atoms with van der Waals surface area (Å²) < 4.78 is 0.598. The molecule has 0 saturated carbocycles. The van der Waals surface area contributed by atoms with Crippen LogP contribution in [0.1, 0.15) is 18.9 Å². The molecule has 23 heavy (non-hydrogen) atoms. The zero-order valence-electron chi connectivity index (χ0n) is 14.3. The van der Waals surface area contributed by atoms with E-state index in [1.54, 1.807) is 13.0 Å². The second-order valence-electron chi connectivity index (χ2n) is 6.42. The number of rotatable bonds is 9. The maximum absolute atomic E-state index is 12.1. The van der Waals surface area contributed by atoms with Crippen molar-refractivity contribution >= 4 is 17.8 Å². The van der Waals surface area contributed by atoms with E-state index in [1.807, 2.05) is 50.5 Å². The summed E-state index contributed by atoms with van der Waals surface area (Å²) in [5.41, 5.74) is 1.54. The molecule has 4 nitrogen and oxygen atoms in total. The van der Waals surface area contributed by atoms with Crippen molar-refractivity contribution < 1.29 is 14.1 Å². The first kappa shape index (κ1) is 18.8. The number of nitrogens with zero attached hydrogens (tertiary/aromatic N) is 1. The van der Waals surface area contributed by atoms with Crippen molar-refractivity contribution in [2.75, 3.05) is 33.7 Å². The fourth-order valence-corrected chi connectivity index (χ4v) is 2.17. The van der Waals surface area contributed by atoms with E-state index >= 15 is 0 Å². The summed E-state index contributed by atoms with van der Waals surface area (Å²) in [6.07, 6.45) is 4.30. The molecule has 0 radical (unpaired) electrons.